The number of thiol groups is 1. The standard InChI is InChI=1S/C41H40N4OSSi.C35H35BrN4OSi.C6H6S.Cu.HI/c1-48(2,3)25-24-46-31-44-30-39(38-26-37(28-42-40(38)44)47-36-22-14-7-15-23-36)32-27-43-45(29-32)41(33-16-8-4-9-17-33,34-18-10-5-11-19-34)35-20-12-6-13-21-35;1-42(2,3)20-19-41-26-39-25-33(32-21-31(36)23-37-34(32)39)27-22-38-40(24-27)35(28-13-7-4-8-14-28,29-15-9-5-10-16-29)30-17-11-6-12-18-30;7-6-4-2-1-3-5-6;;/h4-23,26-30H,24-25,31H2,1-3H3;4-18,21-25H,19-20,26H2,1-3H3;1-5,7H;;1H/q;;;+1;/p-1. The van der Waals surface area contributed by atoms with Gasteiger partial charge in [-0.05, 0) is 97.8 Å². The molecule has 0 saturated heterocycles. The van der Waals surface area contributed by atoms with Crippen molar-refractivity contribution in [3.63, 3.8) is 0 Å². The number of ether oxygens (including phenoxy) is 2. The zero-order valence-electron chi connectivity index (χ0n) is 56.4. The predicted octanol–water partition coefficient (Wildman–Crippen LogP) is 21.9. The second-order valence-electron chi connectivity index (χ2n) is 26.5. The van der Waals surface area contributed by atoms with Crippen LogP contribution in [-0.2, 0) is 46.8 Å². The molecule has 0 amide bonds. The van der Waals surface area contributed by atoms with Crippen molar-refractivity contribution >= 4 is 98.9 Å². The summed E-state index contributed by atoms with van der Waals surface area (Å²) in [6.45, 7) is 16.7. The van der Waals surface area contributed by atoms with E-state index >= 15 is 0 Å². The number of hydrogen-bond acceptors (Lipinski definition) is 8. The Morgan fingerprint density at radius 2 is 0.747 bits per heavy atom. The maximum atomic E-state index is 6.24. The van der Waals surface area contributed by atoms with Crippen LogP contribution in [0.15, 0.2) is 324 Å². The summed E-state index contributed by atoms with van der Waals surface area (Å²) in [5.41, 5.74) is 11.5. The van der Waals surface area contributed by atoms with Gasteiger partial charge < -0.3 is 18.6 Å². The summed E-state index contributed by atoms with van der Waals surface area (Å²) in [4.78, 5) is 13.1. The van der Waals surface area contributed by atoms with Crippen molar-refractivity contribution in [1.82, 2.24) is 38.7 Å². The van der Waals surface area contributed by atoms with E-state index < -0.39 is 27.2 Å². The van der Waals surface area contributed by atoms with Crippen LogP contribution in [0.4, 0.5) is 0 Å². The van der Waals surface area contributed by atoms with Crippen molar-refractivity contribution in [1.29, 1.82) is 0 Å². The van der Waals surface area contributed by atoms with Gasteiger partial charge in [0.15, 0.2) is 0 Å². The Labute approximate surface area is 622 Å². The first kappa shape index (κ1) is 72.6. The minimum absolute atomic E-state index is 0.454. The molecular formula is C82H81BrCuIN8O2S2Si2. The molecule has 0 radical (unpaired) electrons. The van der Waals surface area contributed by atoms with Gasteiger partial charge in [0.05, 0.1) is 12.4 Å². The van der Waals surface area contributed by atoms with Crippen molar-refractivity contribution in [2.45, 2.75) is 90.6 Å². The first-order valence-electron chi connectivity index (χ1n) is 33.0. The zero-order valence-corrected chi connectivity index (χ0v) is 64.8. The van der Waals surface area contributed by atoms with E-state index in [1.807, 2.05) is 61.2 Å². The molecule has 506 valence electrons. The van der Waals surface area contributed by atoms with Crippen LogP contribution >= 0.6 is 60.7 Å². The van der Waals surface area contributed by atoms with Crippen molar-refractivity contribution in [3.8, 4) is 22.3 Å². The van der Waals surface area contributed by atoms with Gasteiger partial charge in [-0.15, -0.1) is 12.6 Å². The molecule has 8 aromatic carbocycles. The van der Waals surface area contributed by atoms with E-state index in [-0.39, 0.29) is 0 Å². The van der Waals surface area contributed by atoms with Crippen LogP contribution in [0.1, 0.15) is 33.4 Å². The summed E-state index contributed by atoms with van der Waals surface area (Å²) < 4.78 is 21.8. The second kappa shape index (κ2) is 34.1. The first-order chi connectivity index (χ1) is 48.2. The molecule has 0 aliphatic rings. The molecule has 0 fully saturated rings. The molecule has 0 unspecified atom stereocenters. The Hall–Kier alpha value is -7.66. The van der Waals surface area contributed by atoms with Crippen molar-refractivity contribution < 1.29 is 22.2 Å². The average Bonchev–Trinajstić information content (AvgIpc) is 1.73. The Morgan fingerprint density at radius 3 is 1.08 bits per heavy atom. The Morgan fingerprint density at radius 1 is 0.424 bits per heavy atom. The molecule has 0 aliphatic heterocycles. The number of pyridine rings is 2. The molecule has 0 spiro atoms. The molecule has 0 aliphatic carbocycles. The molecule has 0 saturated carbocycles. The minimum atomic E-state index is -1.20. The predicted molar refractivity (Wildman–Crippen MR) is 425 cm³/mol. The van der Waals surface area contributed by atoms with Gasteiger partial charge in [0.1, 0.15) is 35.8 Å². The van der Waals surface area contributed by atoms with Crippen molar-refractivity contribution in [3.05, 3.63) is 342 Å². The molecule has 0 atom stereocenters. The van der Waals surface area contributed by atoms with Crippen LogP contribution in [-0.4, -0.2) is 68.0 Å². The summed E-state index contributed by atoms with van der Waals surface area (Å²) in [7, 11) is -2.37. The maximum absolute atomic E-state index is 6.24. The van der Waals surface area contributed by atoms with E-state index in [2.05, 4.69) is 342 Å². The van der Waals surface area contributed by atoms with Gasteiger partial charge in [0.2, 0.25) is 0 Å². The molecule has 14 rings (SSSR count). The monoisotopic (exact) mass is 1600 g/mol. The zero-order chi connectivity index (χ0) is 69.2. The van der Waals surface area contributed by atoms with E-state index in [9.17, 15) is 0 Å². The number of benzene rings is 8. The first-order valence-corrected chi connectivity index (χ1v) is 45.5. The summed E-state index contributed by atoms with van der Waals surface area (Å²) in [6.07, 6.45) is 16.5. The molecular weight excluding hydrogens is 1520 g/mol. The number of halogens is 2. The molecule has 0 N–H and O–H groups in total. The normalized spacial score (nSPS) is 11.7. The van der Waals surface area contributed by atoms with E-state index in [1.165, 1.54) is 4.90 Å². The van der Waals surface area contributed by atoms with Crippen LogP contribution < -0.4 is 0 Å². The van der Waals surface area contributed by atoms with Crippen molar-refractivity contribution in [2.75, 3.05) is 13.2 Å². The van der Waals surface area contributed by atoms with Crippen LogP contribution in [0.2, 0.25) is 51.4 Å². The van der Waals surface area contributed by atoms with Gasteiger partial charge in [-0.3, -0.25) is 9.36 Å². The topological polar surface area (TPSA) is 89.7 Å². The third-order valence-electron chi connectivity index (χ3n) is 17.2. The average molecular weight is 1600 g/mol. The van der Waals surface area contributed by atoms with Crippen LogP contribution in [0.25, 0.3) is 44.3 Å². The van der Waals surface area contributed by atoms with Crippen LogP contribution in [0.5, 0.6) is 0 Å². The van der Waals surface area contributed by atoms with Crippen molar-refractivity contribution in [2.24, 2.45) is 0 Å². The van der Waals surface area contributed by atoms with E-state index in [0.717, 1.165) is 117 Å². The van der Waals surface area contributed by atoms with Gasteiger partial charge in [0, 0.05) is 119 Å². The number of hydrogen-bond donors (Lipinski definition) is 1. The molecule has 14 aromatic rings. The second-order valence-corrected chi connectivity index (χ2v) is 40.3. The molecule has 99 heavy (non-hydrogen) atoms. The summed E-state index contributed by atoms with van der Waals surface area (Å²) >= 11 is 15.3. The van der Waals surface area contributed by atoms with E-state index in [4.69, 9.17) is 29.6 Å². The van der Waals surface area contributed by atoms with Gasteiger partial charge in [-0.25, -0.2) is 9.97 Å². The quantitative estimate of drug-likeness (QED) is 0.0238. The fourth-order valence-corrected chi connectivity index (χ4v) is 15.2. The molecule has 10 nitrogen and oxygen atoms in total. The molecule has 6 aromatic heterocycles. The third kappa shape index (κ3) is 17.6. The number of nitrogens with zero attached hydrogens (tertiary/aromatic N) is 8. The fourth-order valence-electron chi connectivity index (χ4n) is 12.3. The Balaban J connectivity index is 0.000000179. The number of aromatic nitrogens is 8. The molecule has 6 heterocycles. The number of fused-ring (bicyclic) bond motifs is 2. The Kier molecular flexibility index (Phi) is 25.0. The van der Waals surface area contributed by atoms with Crippen LogP contribution in [0.3, 0.4) is 0 Å². The molecule has 0 bridgehead atoms. The van der Waals surface area contributed by atoms with Gasteiger partial charge >= 0.3 is 33.1 Å². The van der Waals surface area contributed by atoms with E-state index in [0.29, 0.717) is 13.5 Å². The van der Waals surface area contributed by atoms with Crippen LogP contribution in [0, 0.1) is 0 Å². The molecule has 17 heteroatoms. The van der Waals surface area contributed by atoms with Gasteiger partial charge in [0.25, 0.3) is 0 Å². The van der Waals surface area contributed by atoms with Gasteiger partial charge in [-0.2, -0.15) is 10.2 Å². The third-order valence-corrected chi connectivity index (χ3v) is 22.3. The van der Waals surface area contributed by atoms with E-state index in [1.54, 1.807) is 32.1 Å². The fraction of sp³-hybridized carbons (Fsp3) is 0.171. The summed E-state index contributed by atoms with van der Waals surface area (Å²) in [5, 5.41) is 12.4. The van der Waals surface area contributed by atoms with Gasteiger partial charge in [-0.1, -0.05) is 269 Å². The number of rotatable bonds is 22. The summed E-state index contributed by atoms with van der Waals surface area (Å²) in [6, 6.07) is 90.8. The SMILES string of the molecule is C[Si](C)(C)CCOCn1cc(-c2cnn(C(c3ccccc3)(c3ccccc3)c3ccccc3)c2)c2cc(Br)cnc21.C[Si](C)(C)CCOCn1cc(-c2cnn(C(c3ccccc3)(c3ccccc3)c3ccccc3)c2)c2cc(Sc3ccccc3)cnc21.Sc1ccccc1.[Cu][I]. The Bertz CT molecular complexity index is 4600. The summed E-state index contributed by atoms with van der Waals surface area (Å²) in [5.74, 6) is 0.